The number of fused-ring (bicyclic) bond motifs is 1. The Balaban J connectivity index is 1.76. The summed E-state index contributed by atoms with van der Waals surface area (Å²) in [6, 6.07) is 4.03. The monoisotopic (exact) mass is 244 g/mol. The van der Waals surface area contributed by atoms with E-state index in [1.807, 2.05) is 6.07 Å². The van der Waals surface area contributed by atoms with E-state index in [1.165, 1.54) is 25.7 Å². The first-order valence-corrected chi connectivity index (χ1v) is 6.69. The second kappa shape index (κ2) is 4.19. The molecule has 1 aromatic carbocycles. The molecule has 4 N–H and O–H groups in total. The summed E-state index contributed by atoms with van der Waals surface area (Å²) in [6.45, 7) is 3.29. The Labute approximate surface area is 107 Å². The van der Waals surface area contributed by atoms with Crippen molar-refractivity contribution >= 4 is 22.3 Å². The first-order valence-electron chi connectivity index (χ1n) is 6.69. The zero-order chi connectivity index (χ0) is 12.6. The predicted octanol–water partition coefficient (Wildman–Crippen LogP) is 3.14. The number of H-pyrrole nitrogens is 1. The number of aromatic amines is 1. The maximum atomic E-state index is 6.07. The number of anilines is 2. The Kier molecular flexibility index (Phi) is 2.65. The molecule has 0 unspecified atom stereocenters. The Hall–Kier alpha value is -1.71. The van der Waals surface area contributed by atoms with Crippen LogP contribution < -0.4 is 11.1 Å². The largest absolute Gasteiger partial charge is 0.397 e. The fraction of sp³-hybridized carbons (Fsp3) is 0.500. The van der Waals surface area contributed by atoms with Crippen LogP contribution in [0, 0.1) is 5.41 Å². The molecular formula is C14H20N4. The third kappa shape index (κ3) is 2.03. The molecule has 0 spiro atoms. The fourth-order valence-corrected chi connectivity index (χ4v) is 2.67. The first kappa shape index (κ1) is 11.4. The lowest BCUT2D eigenvalue weighted by atomic mass is 10.0. The van der Waals surface area contributed by atoms with Crippen molar-refractivity contribution in [3.05, 3.63) is 18.3 Å². The number of hydrogen-bond acceptors (Lipinski definition) is 3. The van der Waals surface area contributed by atoms with Gasteiger partial charge in [0.1, 0.15) is 0 Å². The van der Waals surface area contributed by atoms with Gasteiger partial charge in [-0.3, -0.25) is 5.10 Å². The average molecular weight is 244 g/mol. The minimum absolute atomic E-state index is 0.532. The Bertz CT molecular complexity index is 554. The number of nitrogens with one attached hydrogen (secondary N) is 2. The van der Waals surface area contributed by atoms with Crippen LogP contribution >= 0.6 is 0 Å². The zero-order valence-corrected chi connectivity index (χ0v) is 10.8. The van der Waals surface area contributed by atoms with Crippen molar-refractivity contribution in [2.75, 3.05) is 17.6 Å². The van der Waals surface area contributed by atoms with Gasteiger partial charge in [0.2, 0.25) is 0 Å². The molecule has 4 nitrogen and oxygen atoms in total. The summed E-state index contributed by atoms with van der Waals surface area (Å²) in [5.41, 5.74) is 9.46. The molecule has 1 aliphatic rings. The third-order valence-corrected chi connectivity index (χ3v) is 4.00. The molecule has 96 valence electrons. The number of nitrogens with two attached hydrogens (primary N) is 1. The van der Waals surface area contributed by atoms with Gasteiger partial charge in [-0.25, -0.2) is 0 Å². The van der Waals surface area contributed by atoms with E-state index in [0.717, 1.165) is 28.8 Å². The van der Waals surface area contributed by atoms with Crippen LogP contribution in [0.15, 0.2) is 18.3 Å². The van der Waals surface area contributed by atoms with Gasteiger partial charge in [0, 0.05) is 11.9 Å². The van der Waals surface area contributed by atoms with Crippen molar-refractivity contribution in [1.29, 1.82) is 0 Å². The van der Waals surface area contributed by atoms with Gasteiger partial charge in [0.15, 0.2) is 0 Å². The van der Waals surface area contributed by atoms with Crippen molar-refractivity contribution in [2.24, 2.45) is 5.41 Å². The van der Waals surface area contributed by atoms with Crippen LogP contribution in [0.3, 0.4) is 0 Å². The van der Waals surface area contributed by atoms with Crippen molar-refractivity contribution in [3.63, 3.8) is 0 Å². The number of benzene rings is 1. The number of hydrogen-bond donors (Lipinski definition) is 3. The van der Waals surface area contributed by atoms with Crippen LogP contribution in [-0.2, 0) is 0 Å². The summed E-state index contributed by atoms with van der Waals surface area (Å²) in [7, 11) is 0. The summed E-state index contributed by atoms with van der Waals surface area (Å²) in [4.78, 5) is 0. The van der Waals surface area contributed by atoms with Crippen LogP contribution in [0.4, 0.5) is 11.4 Å². The lowest BCUT2D eigenvalue weighted by molar-refractivity contribution is 0.486. The molecule has 0 saturated heterocycles. The lowest BCUT2D eigenvalue weighted by Gasteiger charge is -2.17. The maximum absolute atomic E-state index is 6.07. The molecule has 2 aromatic rings. The first-order chi connectivity index (χ1) is 8.72. The highest BCUT2D eigenvalue weighted by Gasteiger charge is 2.41. The lowest BCUT2D eigenvalue weighted by Crippen LogP contribution is -2.15. The van der Waals surface area contributed by atoms with Crippen LogP contribution in [-0.4, -0.2) is 16.7 Å². The molecule has 1 saturated carbocycles. The van der Waals surface area contributed by atoms with Gasteiger partial charge in [-0.05, 0) is 36.8 Å². The molecule has 1 aliphatic carbocycles. The van der Waals surface area contributed by atoms with Crippen LogP contribution in [0.1, 0.15) is 32.6 Å². The van der Waals surface area contributed by atoms with E-state index in [2.05, 4.69) is 28.5 Å². The molecular weight excluding hydrogens is 224 g/mol. The summed E-state index contributed by atoms with van der Waals surface area (Å²) in [6.07, 6.45) is 7.07. The second-order valence-electron chi connectivity index (χ2n) is 5.50. The summed E-state index contributed by atoms with van der Waals surface area (Å²) in [5.74, 6) is 0. The van der Waals surface area contributed by atoms with Gasteiger partial charge in [0.05, 0.1) is 23.1 Å². The summed E-state index contributed by atoms with van der Waals surface area (Å²) >= 11 is 0. The highest BCUT2D eigenvalue weighted by atomic mass is 15.1. The quantitative estimate of drug-likeness (QED) is 0.708. The fourth-order valence-electron chi connectivity index (χ4n) is 2.67. The van der Waals surface area contributed by atoms with Gasteiger partial charge in [-0.2, -0.15) is 5.10 Å². The highest BCUT2D eigenvalue weighted by molar-refractivity contribution is 5.88. The van der Waals surface area contributed by atoms with Crippen molar-refractivity contribution in [2.45, 2.75) is 32.6 Å². The summed E-state index contributed by atoms with van der Waals surface area (Å²) in [5, 5.41) is 11.6. The van der Waals surface area contributed by atoms with Gasteiger partial charge < -0.3 is 11.1 Å². The van der Waals surface area contributed by atoms with E-state index in [-0.39, 0.29) is 0 Å². The molecule has 0 aliphatic heterocycles. The third-order valence-electron chi connectivity index (χ3n) is 4.00. The highest BCUT2D eigenvalue weighted by Crippen LogP contribution is 2.49. The SMILES string of the molecule is CCCC1(CNc2cc3[nH]ncc3cc2N)CC1. The van der Waals surface area contributed by atoms with Crippen molar-refractivity contribution in [1.82, 2.24) is 10.2 Å². The van der Waals surface area contributed by atoms with Gasteiger partial charge in [-0.15, -0.1) is 0 Å². The zero-order valence-electron chi connectivity index (χ0n) is 10.8. The standard InChI is InChI=1S/C14H20N4/c1-2-3-14(4-5-14)9-16-13-7-12-10(6-11(13)15)8-17-18-12/h6-8,16H,2-5,9,15H2,1H3,(H,17,18). The van der Waals surface area contributed by atoms with E-state index >= 15 is 0 Å². The molecule has 4 heteroatoms. The predicted molar refractivity (Wildman–Crippen MR) is 75.6 cm³/mol. The van der Waals surface area contributed by atoms with E-state index in [4.69, 9.17) is 5.73 Å². The Morgan fingerprint density at radius 2 is 2.28 bits per heavy atom. The van der Waals surface area contributed by atoms with E-state index < -0.39 is 0 Å². The van der Waals surface area contributed by atoms with E-state index in [9.17, 15) is 0 Å². The molecule has 3 rings (SSSR count). The van der Waals surface area contributed by atoms with Gasteiger partial charge in [0.25, 0.3) is 0 Å². The molecule has 0 atom stereocenters. The number of aromatic nitrogens is 2. The normalized spacial score (nSPS) is 16.9. The number of rotatable bonds is 5. The number of nitrogen functional groups attached to an aromatic ring is 1. The average Bonchev–Trinajstić information content (AvgIpc) is 2.97. The molecule has 1 aromatic heterocycles. The molecule has 1 fully saturated rings. The van der Waals surface area contributed by atoms with Crippen molar-refractivity contribution in [3.8, 4) is 0 Å². The second-order valence-corrected chi connectivity index (χ2v) is 5.50. The van der Waals surface area contributed by atoms with Crippen LogP contribution in [0.5, 0.6) is 0 Å². The van der Waals surface area contributed by atoms with Crippen molar-refractivity contribution < 1.29 is 0 Å². The van der Waals surface area contributed by atoms with Gasteiger partial charge >= 0.3 is 0 Å². The molecule has 18 heavy (non-hydrogen) atoms. The van der Waals surface area contributed by atoms with Gasteiger partial charge in [-0.1, -0.05) is 13.3 Å². The molecule has 1 heterocycles. The van der Waals surface area contributed by atoms with E-state index in [1.54, 1.807) is 6.20 Å². The summed E-state index contributed by atoms with van der Waals surface area (Å²) < 4.78 is 0. The molecule has 0 radical (unpaired) electrons. The Morgan fingerprint density at radius 3 is 3.00 bits per heavy atom. The smallest absolute Gasteiger partial charge is 0.0672 e. The van der Waals surface area contributed by atoms with E-state index in [0.29, 0.717) is 5.41 Å². The molecule has 0 bridgehead atoms. The minimum Gasteiger partial charge on any atom is -0.397 e. The van der Waals surface area contributed by atoms with Crippen LogP contribution in [0.2, 0.25) is 0 Å². The topological polar surface area (TPSA) is 66.7 Å². The number of nitrogens with zero attached hydrogens (tertiary/aromatic N) is 1. The molecule has 0 amide bonds. The Morgan fingerprint density at radius 1 is 1.44 bits per heavy atom. The van der Waals surface area contributed by atoms with Crippen LogP contribution in [0.25, 0.3) is 10.9 Å². The minimum atomic E-state index is 0.532. The maximum Gasteiger partial charge on any atom is 0.0672 e.